The van der Waals surface area contributed by atoms with Gasteiger partial charge in [-0.15, -0.1) is 0 Å². The molecule has 0 radical (unpaired) electrons. The van der Waals surface area contributed by atoms with Gasteiger partial charge < -0.3 is 18.9 Å². The molecule has 118 valence electrons. The van der Waals surface area contributed by atoms with Crippen LogP contribution in [0.3, 0.4) is 0 Å². The summed E-state index contributed by atoms with van der Waals surface area (Å²) in [4.78, 5) is 11.6. The maximum atomic E-state index is 11.6. The molecule has 0 aromatic heterocycles. The van der Waals surface area contributed by atoms with Gasteiger partial charge in [-0.2, -0.15) is 0 Å². The van der Waals surface area contributed by atoms with Gasteiger partial charge in [0.25, 0.3) is 0 Å². The predicted molar refractivity (Wildman–Crippen MR) is 79.5 cm³/mol. The predicted octanol–water partition coefficient (Wildman–Crippen LogP) is 2.30. The number of carbonyl (C=O) groups is 1. The lowest BCUT2D eigenvalue weighted by molar-refractivity contribution is 0.000610. The lowest BCUT2D eigenvalue weighted by Crippen LogP contribution is -2.14. The third kappa shape index (κ3) is 9.18. The van der Waals surface area contributed by atoms with Crippen molar-refractivity contribution in [2.24, 2.45) is 0 Å². The Morgan fingerprint density at radius 3 is 1.90 bits per heavy atom. The molecule has 5 nitrogen and oxygen atoms in total. The third-order valence-corrected chi connectivity index (χ3v) is 2.56. The fourth-order valence-electron chi connectivity index (χ4n) is 1.54. The number of rotatable bonds is 12. The summed E-state index contributed by atoms with van der Waals surface area (Å²) in [5.74, 6) is -0.330. The molecule has 0 saturated heterocycles. The Hall–Kier alpha value is -1.43. The van der Waals surface area contributed by atoms with E-state index in [0.717, 1.165) is 13.0 Å². The molecule has 0 atom stereocenters. The molecule has 1 aromatic carbocycles. The molecule has 0 spiro atoms. The molecular formula is C16H24O5. The number of hydrogen-bond acceptors (Lipinski definition) is 5. The molecule has 0 amide bonds. The van der Waals surface area contributed by atoms with E-state index in [0.29, 0.717) is 38.6 Å². The second kappa shape index (κ2) is 12.3. The van der Waals surface area contributed by atoms with Crippen LogP contribution < -0.4 is 0 Å². The molecule has 0 aliphatic rings. The smallest absolute Gasteiger partial charge is 0.338 e. The molecule has 21 heavy (non-hydrogen) atoms. The summed E-state index contributed by atoms with van der Waals surface area (Å²) in [5.41, 5.74) is 0.549. The molecule has 0 unspecified atom stereocenters. The number of ether oxygens (including phenoxy) is 4. The van der Waals surface area contributed by atoms with E-state index in [1.165, 1.54) is 0 Å². The van der Waals surface area contributed by atoms with E-state index >= 15 is 0 Å². The summed E-state index contributed by atoms with van der Waals surface area (Å²) in [6, 6.07) is 8.89. The van der Waals surface area contributed by atoms with Crippen LogP contribution in [0.1, 0.15) is 23.7 Å². The van der Waals surface area contributed by atoms with Crippen molar-refractivity contribution >= 4 is 5.97 Å². The zero-order valence-electron chi connectivity index (χ0n) is 12.6. The van der Waals surface area contributed by atoms with Crippen molar-refractivity contribution in [3.8, 4) is 0 Å². The Morgan fingerprint density at radius 2 is 1.33 bits per heavy atom. The van der Waals surface area contributed by atoms with Gasteiger partial charge in [0.05, 0.1) is 38.6 Å². The van der Waals surface area contributed by atoms with Crippen molar-refractivity contribution in [1.82, 2.24) is 0 Å². The average molecular weight is 296 g/mol. The summed E-state index contributed by atoms with van der Waals surface area (Å²) in [6.07, 6.45) is 1.02. The van der Waals surface area contributed by atoms with Crippen molar-refractivity contribution in [3.63, 3.8) is 0 Å². The SMILES string of the molecule is CCCOCCOCCOCCOC(=O)c1ccccc1. The van der Waals surface area contributed by atoms with E-state index in [9.17, 15) is 4.79 Å². The van der Waals surface area contributed by atoms with Crippen LogP contribution in [0.15, 0.2) is 30.3 Å². The molecule has 1 aromatic rings. The minimum atomic E-state index is -0.330. The van der Waals surface area contributed by atoms with Gasteiger partial charge in [0.2, 0.25) is 0 Å². The standard InChI is InChI=1S/C16H24O5/c1-2-8-18-9-10-19-11-12-20-13-14-21-16(17)15-6-4-3-5-7-15/h3-7H,2,8-14H2,1H3. The van der Waals surface area contributed by atoms with Crippen LogP contribution in [-0.4, -0.2) is 52.2 Å². The molecule has 0 aliphatic heterocycles. The lowest BCUT2D eigenvalue weighted by atomic mass is 10.2. The molecule has 5 heteroatoms. The van der Waals surface area contributed by atoms with Gasteiger partial charge in [0, 0.05) is 6.61 Å². The van der Waals surface area contributed by atoms with Crippen molar-refractivity contribution < 1.29 is 23.7 Å². The van der Waals surface area contributed by atoms with Crippen molar-refractivity contribution in [1.29, 1.82) is 0 Å². The highest BCUT2D eigenvalue weighted by Crippen LogP contribution is 2.00. The van der Waals surface area contributed by atoms with E-state index in [4.69, 9.17) is 18.9 Å². The highest BCUT2D eigenvalue weighted by atomic mass is 16.6. The van der Waals surface area contributed by atoms with Gasteiger partial charge in [-0.05, 0) is 18.6 Å². The number of benzene rings is 1. The van der Waals surface area contributed by atoms with Gasteiger partial charge in [-0.25, -0.2) is 4.79 Å². The minimum absolute atomic E-state index is 0.243. The number of carbonyl (C=O) groups excluding carboxylic acids is 1. The van der Waals surface area contributed by atoms with Crippen molar-refractivity contribution in [2.75, 3.05) is 46.2 Å². The first-order chi connectivity index (χ1) is 10.3. The largest absolute Gasteiger partial charge is 0.460 e. The maximum absolute atomic E-state index is 11.6. The number of esters is 1. The Morgan fingerprint density at radius 1 is 0.810 bits per heavy atom. The first-order valence-corrected chi connectivity index (χ1v) is 7.30. The van der Waals surface area contributed by atoms with Gasteiger partial charge in [-0.3, -0.25) is 0 Å². The van der Waals surface area contributed by atoms with Crippen LogP contribution in [0.2, 0.25) is 0 Å². The summed E-state index contributed by atoms with van der Waals surface area (Å²) in [5, 5.41) is 0. The molecule has 0 saturated carbocycles. The Kier molecular flexibility index (Phi) is 10.3. The molecule has 0 bridgehead atoms. The van der Waals surface area contributed by atoms with Gasteiger partial charge in [0.15, 0.2) is 0 Å². The van der Waals surface area contributed by atoms with Gasteiger partial charge in [0.1, 0.15) is 6.61 Å². The van der Waals surface area contributed by atoms with Crippen molar-refractivity contribution in [2.45, 2.75) is 13.3 Å². The van der Waals surface area contributed by atoms with Gasteiger partial charge in [-0.1, -0.05) is 25.1 Å². The fraction of sp³-hybridized carbons (Fsp3) is 0.562. The molecule has 1 rings (SSSR count). The first-order valence-electron chi connectivity index (χ1n) is 7.30. The normalized spacial score (nSPS) is 10.5. The van der Waals surface area contributed by atoms with Crippen LogP contribution in [0.4, 0.5) is 0 Å². The van der Waals surface area contributed by atoms with Crippen LogP contribution in [0.25, 0.3) is 0 Å². The van der Waals surface area contributed by atoms with E-state index in [1.807, 2.05) is 6.07 Å². The van der Waals surface area contributed by atoms with E-state index in [2.05, 4.69) is 6.92 Å². The summed E-state index contributed by atoms with van der Waals surface area (Å²) in [7, 11) is 0. The zero-order chi connectivity index (χ0) is 15.2. The van der Waals surface area contributed by atoms with Crippen LogP contribution in [-0.2, 0) is 18.9 Å². The molecular weight excluding hydrogens is 272 g/mol. The first kappa shape index (κ1) is 17.6. The van der Waals surface area contributed by atoms with Crippen LogP contribution >= 0.6 is 0 Å². The topological polar surface area (TPSA) is 54.0 Å². The lowest BCUT2D eigenvalue weighted by Gasteiger charge is -2.07. The highest BCUT2D eigenvalue weighted by molar-refractivity contribution is 5.89. The van der Waals surface area contributed by atoms with E-state index < -0.39 is 0 Å². The summed E-state index contributed by atoms with van der Waals surface area (Å²) >= 11 is 0. The molecule has 0 fully saturated rings. The molecule has 0 N–H and O–H groups in total. The molecule has 0 aliphatic carbocycles. The third-order valence-electron chi connectivity index (χ3n) is 2.56. The second-order valence-corrected chi connectivity index (χ2v) is 4.34. The monoisotopic (exact) mass is 296 g/mol. The van der Waals surface area contributed by atoms with Crippen LogP contribution in [0, 0.1) is 0 Å². The Bertz CT molecular complexity index is 366. The number of hydrogen-bond donors (Lipinski definition) is 0. The highest BCUT2D eigenvalue weighted by Gasteiger charge is 2.04. The molecule has 0 heterocycles. The van der Waals surface area contributed by atoms with E-state index in [-0.39, 0.29) is 12.6 Å². The average Bonchev–Trinajstić information content (AvgIpc) is 2.53. The minimum Gasteiger partial charge on any atom is -0.460 e. The fourth-order valence-corrected chi connectivity index (χ4v) is 1.54. The summed E-state index contributed by atoms with van der Waals surface area (Å²) in [6.45, 7) is 5.64. The quantitative estimate of drug-likeness (QED) is 0.437. The Labute approximate surface area is 126 Å². The summed E-state index contributed by atoms with van der Waals surface area (Å²) < 4.78 is 21.0. The van der Waals surface area contributed by atoms with Crippen LogP contribution in [0.5, 0.6) is 0 Å². The second-order valence-electron chi connectivity index (χ2n) is 4.34. The maximum Gasteiger partial charge on any atom is 0.338 e. The van der Waals surface area contributed by atoms with Crippen molar-refractivity contribution in [3.05, 3.63) is 35.9 Å². The zero-order valence-corrected chi connectivity index (χ0v) is 12.6. The van der Waals surface area contributed by atoms with Gasteiger partial charge >= 0.3 is 5.97 Å². The Balaban J connectivity index is 1.88. The van der Waals surface area contributed by atoms with E-state index in [1.54, 1.807) is 24.3 Å².